The fourth-order valence-electron chi connectivity index (χ4n) is 4.74. The van der Waals surface area contributed by atoms with Crippen LogP contribution in [0.3, 0.4) is 0 Å². The summed E-state index contributed by atoms with van der Waals surface area (Å²) in [6.45, 7) is 13.6. The predicted molar refractivity (Wildman–Crippen MR) is 185 cm³/mol. The topological polar surface area (TPSA) is 0 Å². The molecule has 4 aromatic carbocycles. The fourth-order valence-corrected chi connectivity index (χ4v) is 8.59. The third-order valence-electron chi connectivity index (χ3n) is 7.17. The monoisotopic (exact) mass is 686 g/mol. The molecule has 0 unspecified atom stereocenters. The van der Waals surface area contributed by atoms with E-state index in [0.29, 0.717) is 0 Å². The first-order valence-electron chi connectivity index (χ1n) is 14.1. The van der Waals surface area contributed by atoms with Crippen molar-refractivity contribution >= 4 is 40.6 Å². The van der Waals surface area contributed by atoms with Gasteiger partial charge in [0, 0.05) is 0 Å². The van der Waals surface area contributed by atoms with E-state index in [1.54, 1.807) is 23.3 Å². The third-order valence-corrected chi connectivity index (χ3v) is 13.3. The Labute approximate surface area is 282 Å². The molecule has 0 aromatic heterocycles. The van der Waals surface area contributed by atoms with Crippen LogP contribution in [0.15, 0.2) is 109 Å². The van der Waals surface area contributed by atoms with Gasteiger partial charge in [0.15, 0.2) is 0 Å². The fraction of sp³-hybridized carbons (Fsp3) is 0.263. The van der Waals surface area contributed by atoms with E-state index in [4.69, 9.17) is 0 Å². The number of rotatable bonds is 2. The minimum atomic E-state index is -0.455. The van der Waals surface area contributed by atoms with Crippen LogP contribution in [0.2, 0.25) is 0 Å². The average molecular weight is 689 g/mol. The van der Waals surface area contributed by atoms with Gasteiger partial charge in [-0.2, -0.15) is 29.8 Å². The molecule has 0 nitrogen and oxygen atoms in total. The summed E-state index contributed by atoms with van der Waals surface area (Å²) < 4.78 is 0. The molecular formula is C38H42Cl2SiZr. The standard InChI is InChI=1S/C21H25.C12H10Si.C5H5.2ClH.Zr/c1-20(2,3)16-7-9-18-14(12-16)11-15-13-17(21(4,5)6)8-10-19(15)18;1-3-7-11(8-4-1)13-12-9-5-2-6-10-12;1-2-4-5-3-1;;;/h7-10,12H,11H2,1-6H3;1-10H;1-3H,4H2;2*1H;/q-1;;-1;;;+2. The predicted octanol–water partition coefficient (Wildman–Crippen LogP) is 9.14. The summed E-state index contributed by atoms with van der Waals surface area (Å²) in [5.74, 6) is 0. The van der Waals surface area contributed by atoms with Crippen molar-refractivity contribution in [2.24, 2.45) is 0 Å². The SMILES string of the molecule is CC(C)(C)c1[c-]c2c(cc1)-c1ccc(C(C)(C)C)cc1C2.Cl.Cl.[C-]1=CC=CC1.[Zr+2]=[Si](c1ccccc1)c1ccccc1. The molecule has 2 aliphatic carbocycles. The summed E-state index contributed by atoms with van der Waals surface area (Å²) in [5, 5.41) is 3.03. The van der Waals surface area contributed by atoms with E-state index in [-0.39, 0.29) is 35.6 Å². The van der Waals surface area contributed by atoms with Crippen LogP contribution < -0.4 is 10.4 Å². The zero-order chi connectivity index (χ0) is 28.8. The minimum absolute atomic E-state index is 0. The molecule has 0 amide bonds. The van der Waals surface area contributed by atoms with Crippen LogP contribution in [-0.2, 0) is 40.6 Å². The molecule has 0 spiro atoms. The van der Waals surface area contributed by atoms with E-state index in [0.717, 1.165) is 12.8 Å². The van der Waals surface area contributed by atoms with Crippen molar-refractivity contribution in [1.82, 2.24) is 0 Å². The number of hydrogen-bond donors (Lipinski definition) is 0. The van der Waals surface area contributed by atoms with Gasteiger partial charge in [-0.25, -0.2) is 12.2 Å². The van der Waals surface area contributed by atoms with Gasteiger partial charge in [-0.15, -0.1) is 42.4 Å². The Morgan fingerprint density at radius 1 is 0.690 bits per heavy atom. The van der Waals surface area contributed by atoms with Gasteiger partial charge >= 0.3 is 99.8 Å². The molecule has 0 aliphatic heterocycles. The molecule has 0 saturated carbocycles. The van der Waals surface area contributed by atoms with Crippen molar-refractivity contribution < 1.29 is 23.3 Å². The molecule has 4 heteroatoms. The van der Waals surface area contributed by atoms with Gasteiger partial charge in [0.2, 0.25) is 0 Å². The molecule has 0 fully saturated rings. The van der Waals surface area contributed by atoms with Crippen LogP contribution in [0.1, 0.15) is 70.2 Å². The molecule has 0 heterocycles. The van der Waals surface area contributed by atoms with E-state index < -0.39 is 5.43 Å². The molecule has 216 valence electrons. The van der Waals surface area contributed by atoms with Crippen molar-refractivity contribution in [2.45, 2.75) is 65.2 Å². The molecule has 4 aromatic rings. The Kier molecular flexibility index (Phi) is 14.0. The van der Waals surface area contributed by atoms with Crippen LogP contribution in [0.5, 0.6) is 0 Å². The van der Waals surface area contributed by atoms with E-state index in [2.05, 4.69) is 151 Å². The van der Waals surface area contributed by atoms with Crippen molar-refractivity contribution in [3.05, 3.63) is 144 Å². The molecule has 0 N–H and O–H groups in total. The third kappa shape index (κ3) is 9.78. The first-order valence-corrected chi connectivity index (χ1v) is 19.3. The van der Waals surface area contributed by atoms with Gasteiger partial charge in [0.05, 0.1) is 0 Å². The zero-order valence-corrected chi connectivity index (χ0v) is 30.7. The second kappa shape index (κ2) is 16.2. The number of halogens is 2. The Bertz CT molecular complexity index is 1400. The van der Waals surface area contributed by atoms with Crippen LogP contribution in [0.25, 0.3) is 11.1 Å². The van der Waals surface area contributed by atoms with Gasteiger partial charge in [-0.3, -0.25) is 6.08 Å². The quantitative estimate of drug-likeness (QED) is 0.128. The van der Waals surface area contributed by atoms with E-state index in [1.807, 2.05) is 12.2 Å². The van der Waals surface area contributed by atoms with E-state index in [1.165, 1.54) is 43.8 Å². The Morgan fingerprint density at radius 3 is 1.71 bits per heavy atom. The molecule has 0 atom stereocenters. The second-order valence-electron chi connectivity index (χ2n) is 12.4. The van der Waals surface area contributed by atoms with Crippen LogP contribution in [0.4, 0.5) is 0 Å². The van der Waals surface area contributed by atoms with Crippen molar-refractivity contribution in [3.63, 3.8) is 0 Å². The maximum absolute atomic E-state index is 3.67. The molecular weight excluding hydrogens is 647 g/mol. The summed E-state index contributed by atoms with van der Waals surface area (Å²) in [6.07, 6.45) is 11.0. The Hall–Kier alpha value is -1.96. The maximum atomic E-state index is 3.67. The number of benzene rings is 4. The first-order chi connectivity index (χ1) is 19.0. The van der Waals surface area contributed by atoms with Gasteiger partial charge in [0.1, 0.15) is 0 Å². The molecule has 0 saturated heterocycles. The summed E-state index contributed by atoms with van der Waals surface area (Å²) in [7, 11) is 0. The van der Waals surface area contributed by atoms with Crippen molar-refractivity contribution in [1.29, 1.82) is 0 Å². The Morgan fingerprint density at radius 2 is 1.26 bits per heavy atom. The van der Waals surface area contributed by atoms with Gasteiger partial charge < -0.3 is 0 Å². The van der Waals surface area contributed by atoms with Crippen molar-refractivity contribution in [3.8, 4) is 11.1 Å². The van der Waals surface area contributed by atoms with Crippen LogP contribution in [-0.4, -0.2) is 5.43 Å². The number of allylic oxidation sites excluding steroid dienone is 4. The molecule has 2 aliphatic rings. The van der Waals surface area contributed by atoms with Gasteiger partial charge in [0.25, 0.3) is 0 Å². The zero-order valence-electron chi connectivity index (χ0n) is 25.6. The van der Waals surface area contributed by atoms with E-state index in [9.17, 15) is 0 Å². The molecule has 0 radical (unpaired) electrons. The molecule has 42 heavy (non-hydrogen) atoms. The van der Waals surface area contributed by atoms with Gasteiger partial charge in [-0.05, 0) is 28.4 Å². The summed E-state index contributed by atoms with van der Waals surface area (Å²) in [5.41, 5.74) is 8.25. The number of fused-ring (bicyclic) bond motifs is 3. The van der Waals surface area contributed by atoms with E-state index >= 15 is 0 Å². The second-order valence-corrected chi connectivity index (χ2v) is 18.0. The average Bonchev–Trinajstić information content (AvgIpc) is 3.64. The summed E-state index contributed by atoms with van der Waals surface area (Å²) >= 11 is 1.64. The van der Waals surface area contributed by atoms with Crippen molar-refractivity contribution in [2.75, 3.05) is 0 Å². The van der Waals surface area contributed by atoms with Crippen LogP contribution in [0, 0.1) is 12.1 Å². The number of hydrogen-bond acceptors (Lipinski definition) is 0. The Balaban J connectivity index is 0.000000253. The summed E-state index contributed by atoms with van der Waals surface area (Å²) in [6, 6.07) is 36.8. The first kappa shape index (κ1) is 36.2. The molecule has 0 bridgehead atoms. The molecule has 6 rings (SSSR count). The normalized spacial score (nSPS) is 12.4. The van der Waals surface area contributed by atoms with Gasteiger partial charge in [-0.1, -0.05) is 65.3 Å². The van der Waals surface area contributed by atoms with Crippen LogP contribution >= 0.6 is 24.8 Å². The summed E-state index contributed by atoms with van der Waals surface area (Å²) in [4.78, 5) is 0.